The van der Waals surface area contributed by atoms with E-state index in [9.17, 15) is 4.79 Å². The smallest absolute Gasteiger partial charge is 0.166 e. The van der Waals surface area contributed by atoms with Gasteiger partial charge in [0, 0.05) is 0 Å². The fourth-order valence-electron chi connectivity index (χ4n) is 3.25. The Kier molecular flexibility index (Phi) is 5.03. The van der Waals surface area contributed by atoms with Crippen LogP contribution in [-0.2, 0) is 10.2 Å². The van der Waals surface area contributed by atoms with Crippen molar-refractivity contribution >= 4 is 11.9 Å². The quantitative estimate of drug-likeness (QED) is 0.684. The molecule has 0 N–H and O–H groups in total. The van der Waals surface area contributed by atoms with Crippen LogP contribution < -0.4 is 0 Å². The monoisotopic (exact) mass is 284 g/mol. The topological polar surface area (TPSA) is 17.1 Å². The fourth-order valence-corrected chi connectivity index (χ4v) is 3.25. The van der Waals surface area contributed by atoms with Gasteiger partial charge in [0.05, 0.1) is 5.41 Å². The van der Waals surface area contributed by atoms with Crippen molar-refractivity contribution in [1.29, 1.82) is 0 Å². The Hall–Kier alpha value is -1.37. The maximum atomic E-state index is 12.8. The Morgan fingerprint density at radius 3 is 2.05 bits per heavy atom. The first kappa shape index (κ1) is 16.0. The first-order valence-corrected chi connectivity index (χ1v) is 8.28. The second-order valence-electron chi connectivity index (χ2n) is 7.23. The summed E-state index contributed by atoms with van der Waals surface area (Å²) in [4.78, 5) is 12.8. The molecule has 0 unspecified atom stereocenters. The van der Waals surface area contributed by atoms with Gasteiger partial charge in [0.2, 0.25) is 0 Å². The van der Waals surface area contributed by atoms with Gasteiger partial charge < -0.3 is 0 Å². The summed E-state index contributed by atoms with van der Waals surface area (Å²) in [6, 6.07) is 8.44. The first-order chi connectivity index (χ1) is 9.95. The number of allylic oxidation sites excluding steroid dienone is 1. The minimum Gasteiger partial charge on any atom is -0.294 e. The molecular weight excluding hydrogens is 256 g/mol. The normalized spacial score (nSPS) is 16.6. The Morgan fingerprint density at radius 1 is 0.905 bits per heavy atom. The Bertz CT molecular complexity index is 510. The van der Waals surface area contributed by atoms with Gasteiger partial charge in [-0.3, -0.25) is 4.79 Å². The summed E-state index contributed by atoms with van der Waals surface area (Å²) in [5.41, 5.74) is 2.18. The van der Waals surface area contributed by atoms with Crippen molar-refractivity contribution in [1.82, 2.24) is 0 Å². The van der Waals surface area contributed by atoms with E-state index in [1.54, 1.807) is 0 Å². The highest BCUT2D eigenvalue weighted by Crippen LogP contribution is 2.42. The molecule has 21 heavy (non-hydrogen) atoms. The van der Waals surface area contributed by atoms with Crippen molar-refractivity contribution in [2.45, 2.75) is 58.8 Å². The van der Waals surface area contributed by atoms with E-state index in [2.05, 4.69) is 52.0 Å². The predicted octanol–water partition coefficient (Wildman–Crippen LogP) is 5.39. The zero-order valence-electron chi connectivity index (χ0n) is 13.9. The number of carbonyl (C=O) groups is 1. The van der Waals surface area contributed by atoms with Crippen LogP contribution in [0.4, 0.5) is 0 Å². The molecule has 0 amide bonds. The summed E-state index contributed by atoms with van der Waals surface area (Å²) in [6.07, 6.45) is 7.94. The van der Waals surface area contributed by atoms with Crippen molar-refractivity contribution < 1.29 is 4.79 Å². The number of carbonyl (C=O) groups excluding carboxylic acids is 1. The molecule has 0 aromatic heterocycles. The number of ketones is 1. The number of hydrogen-bond acceptors (Lipinski definition) is 1. The maximum absolute atomic E-state index is 12.8. The molecule has 1 aromatic rings. The van der Waals surface area contributed by atoms with Crippen molar-refractivity contribution in [2.24, 2.45) is 11.8 Å². The summed E-state index contributed by atoms with van der Waals surface area (Å²) in [6.45, 7) is 8.97. The lowest BCUT2D eigenvalue weighted by atomic mass is 9.65. The Labute approximate surface area is 129 Å². The van der Waals surface area contributed by atoms with Gasteiger partial charge in [0.15, 0.2) is 5.78 Å². The average Bonchev–Trinajstić information content (AvgIpc) is 2.45. The van der Waals surface area contributed by atoms with E-state index in [4.69, 9.17) is 0 Å². The second kappa shape index (κ2) is 6.60. The molecule has 0 aliphatic heterocycles. The molecule has 0 fully saturated rings. The van der Waals surface area contributed by atoms with Crippen LogP contribution in [0.1, 0.15) is 64.5 Å². The van der Waals surface area contributed by atoms with Gasteiger partial charge in [-0.05, 0) is 54.7 Å². The zero-order valence-corrected chi connectivity index (χ0v) is 13.9. The van der Waals surface area contributed by atoms with Crippen LogP contribution in [0.3, 0.4) is 0 Å². The van der Waals surface area contributed by atoms with E-state index < -0.39 is 0 Å². The van der Waals surface area contributed by atoms with Crippen molar-refractivity contribution in [3.05, 3.63) is 41.5 Å². The number of benzene rings is 1. The molecule has 0 spiro atoms. The summed E-state index contributed by atoms with van der Waals surface area (Å²) in [7, 11) is 0. The minimum atomic E-state index is -0.292. The van der Waals surface area contributed by atoms with E-state index >= 15 is 0 Å². The first-order valence-electron chi connectivity index (χ1n) is 8.28. The zero-order chi connectivity index (χ0) is 15.5. The number of rotatable bonds is 6. The van der Waals surface area contributed by atoms with Gasteiger partial charge in [-0.25, -0.2) is 0 Å². The molecule has 0 saturated carbocycles. The van der Waals surface area contributed by atoms with Gasteiger partial charge in [-0.1, -0.05) is 58.0 Å². The highest BCUT2D eigenvalue weighted by Gasteiger charge is 2.40. The largest absolute Gasteiger partial charge is 0.294 e. The molecule has 0 bridgehead atoms. The van der Waals surface area contributed by atoms with Crippen molar-refractivity contribution in [3.63, 3.8) is 0 Å². The lowest BCUT2D eigenvalue weighted by Gasteiger charge is -2.36. The molecule has 0 saturated heterocycles. The fraction of sp³-hybridized carbons (Fsp3) is 0.550. The molecule has 2 rings (SSSR count). The van der Waals surface area contributed by atoms with Gasteiger partial charge in [0.1, 0.15) is 0 Å². The van der Waals surface area contributed by atoms with E-state index in [0.29, 0.717) is 17.6 Å². The van der Waals surface area contributed by atoms with Crippen LogP contribution in [0, 0.1) is 11.8 Å². The third kappa shape index (κ3) is 3.45. The van der Waals surface area contributed by atoms with Gasteiger partial charge >= 0.3 is 0 Å². The minimum absolute atomic E-state index is 0.292. The summed E-state index contributed by atoms with van der Waals surface area (Å²) < 4.78 is 0. The number of fused-ring (bicyclic) bond motifs is 1. The molecule has 1 aromatic carbocycles. The van der Waals surface area contributed by atoms with Crippen molar-refractivity contribution in [2.75, 3.05) is 0 Å². The van der Waals surface area contributed by atoms with Gasteiger partial charge in [-0.15, -0.1) is 0 Å². The summed E-state index contributed by atoms with van der Waals surface area (Å²) in [5, 5.41) is 0. The molecule has 0 radical (unpaired) electrons. The standard InChI is InChI=1S/C20H28O/c1-15(2)11-13-20(14-12-16(3)4)18-8-6-5-7-17(18)9-10-19(20)21/h5-10,15-16H,11-14H2,1-4H3. The molecule has 1 nitrogen and oxygen atoms in total. The van der Waals surface area contributed by atoms with Crippen LogP contribution in [0.25, 0.3) is 6.08 Å². The second-order valence-corrected chi connectivity index (χ2v) is 7.23. The lowest BCUT2D eigenvalue weighted by molar-refractivity contribution is -0.120. The third-order valence-corrected chi connectivity index (χ3v) is 4.66. The SMILES string of the molecule is CC(C)CCC1(CCC(C)C)C(=O)C=Cc2ccccc21. The lowest BCUT2D eigenvalue weighted by Crippen LogP contribution is -2.38. The maximum Gasteiger partial charge on any atom is 0.166 e. The highest BCUT2D eigenvalue weighted by molar-refractivity contribution is 6.05. The highest BCUT2D eigenvalue weighted by atomic mass is 16.1. The van der Waals surface area contributed by atoms with E-state index in [-0.39, 0.29) is 5.41 Å². The molecule has 1 aliphatic carbocycles. The molecule has 0 atom stereocenters. The molecule has 1 aliphatic rings. The van der Waals surface area contributed by atoms with Crippen LogP contribution >= 0.6 is 0 Å². The van der Waals surface area contributed by atoms with E-state index in [0.717, 1.165) is 25.7 Å². The third-order valence-electron chi connectivity index (χ3n) is 4.66. The van der Waals surface area contributed by atoms with Crippen LogP contribution in [0.15, 0.2) is 30.3 Å². The molecular formula is C20H28O. The van der Waals surface area contributed by atoms with E-state index in [1.807, 2.05) is 12.2 Å². The Morgan fingerprint density at radius 2 is 1.48 bits per heavy atom. The Balaban J connectivity index is 2.41. The van der Waals surface area contributed by atoms with E-state index in [1.165, 1.54) is 11.1 Å². The van der Waals surface area contributed by atoms with Gasteiger partial charge in [0.25, 0.3) is 0 Å². The molecule has 0 heterocycles. The van der Waals surface area contributed by atoms with Crippen LogP contribution in [-0.4, -0.2) is 5.78 Å². The number of hydrogen-bond donors (Lipinski definition) is 0. The van der Waals surface area contributed by atoms with Gasteiger partial charge in [-0.2, -0.15) is 0 Å². The predicted molar refractivity (Wildman–Crippen MR) is 90.3 cm³/mol. The average molecular weight is 284 g/mol. The summed E-state index contributed by atoms with van der Waals surface area (Å²) >= 11 is 0. The van der Waals surface area contributed by atoms with Crippen LogP contribution in [0.2, 0.25) is 0 Å². The molecule has 1 heteroatoms. The molecule has 114 valence electrons. The van der Waals surface area contributed by atoms with Crippen LogP contribution in [0.5, 0.6) is 0 Å². The van der Waals surface area contributed by atoms with Crippen molar-refractivity contribution in [3.8, 4) is 0 Å². The summed E-state index contributed by atoms with van der Waals surface area (Å²) in [5.74, 6) is 1.57.